The summed E-state index contributed by atoms with van der Waals surface area (Å²) in [7, 11) is 0. The van der Waals surface area contributed by atoms with E-state index in [-0.39, 0.29) is 6.03 Å². The number of rotatable bonds is 4. The van der Waals surface area contributed by atoms with E-state index in [1.165, 1.54) is 0 Å². The predicted molar refractivity (Wildman–Crippen MR) is 100 cm³/mol. The molecule has 0 saturated carbocycles. The summed E-state index contributed by atoms with van der Waals surface area (Å²) in [6, 6.07) is 16.6. The van der Waals surface area contributed by atoms with E-state index in [2.05, 4.69) is 15.7 Å². The third-order valence-electron chi connectivity index (χ3n) is 3.97. The van der Waals surface area contributed by atoms with Gasteiger partial charge in [0.1, 0.15) is 0 Å². The number of aryl methyl sites for hydroxylation is 1. The fourth-order valence-corrected chi connectivity index (χ4v) is 2.75. The first-order valence-corrected chi connectivity index (χ1v) is 8.33. The van der Waals surface area contributed by atoms with Crippen LogP contribution >= 0.6 is 11.6 Å². The Morgan fingerprint density at radius 1 is 1.08 bits per heavy atom. The molecule has 2 aromatic carbocycles. The van der Waals surface area contributed by atoms with Crippen LogP contribution in [0.4, 0.5) is 10.5 Å². The third-order valence-corrected chi connectivity index (χ3v) is 4.22. The molecule has 0 saturated heterocycles. The Morgan fingerprint density at radius 3 is 2.44 bits per heavy atom. The Hall–Kier alpha value is -2.79. The maximum absolute atomic E-state index is 12.1. The number of nitrogens with zero attached hydrogens (tertiary/aromatic N) is 2. The van der Waals surface area contributed by atoms with Crippen molar-refractivity contribution in [3.05, 3.63) is 76.6 Å². The SMILES string of the molecule is Cc1nn(-c2ccccc2)c(C)c1CNC(=O)Nc1ccc(Cl)cc1. The number of carbonyl (C=O) groups excluding carboxylic acids is 1. The molecule has 6 heteroatoms. The van der Waals surface area contributed by atoms with E-state index < -0.39 is 0 Å². The van der Waals surface area contributed by atoms with Crippen LogP contribution in [-0.4, -0.2) is 15.8 Å². The van der Waals surface area contributed by atoms with Crippen LogP contribution in [0.2, 0.25) is 5.02 Å². The zero-order valence-corrected chi connectivity index (χ0v) is 14.8. The van der Waals surface area contributed by atoms with Crippen molar-refractivity contribution >= 4 is 23.3 Å². The minimum Gasteiger partial charge on any atom is -0.334 e. The van der Waals surface area contributed by atoms with Gasteiger partial charge < -0.3 is 10.6 Å². The monoisotopic (exact) mass is 354 g/mol. The average Bonchev–Trinajstić information content (AvgIpc) is 2.90. The number of nitrogens with one attached hydrogen (secondary N) is 2. The van der Waals surface area contributed by atoms with Crippen LogP contribution in [0.3, 0.4) is 0 Å². The van der Waals surface area contributed by atoms with Gasteiger partial charge >= 0.3 is 6.03 Å². The van der Waals surface area contributed by atoms with Crippen LogP contribution < -0.4 is 10.6 Å². The van der Waals surface area contributed by atoms with Gasteiger partial charge in [0, 0.05) is 28.5 Å². The van der Waals surface area contributed by atoms with Gasteiger partial charge in [-0.15, -0.1) is 0 Å². The third kappa shape index (κ3) is 4.00. The lowest BCUT2D eigenvalue weighted by Gasteiger charge is -2.09. The number of amides is 2. The standard InChI is InChI=1S/C19H19ClN4O/c1-13-18(14(2)24(23-13)17-6-4-3-5-7-17)12-21-19(25)22-16-10-8-15(20)9-11-16/h3-11H,12H2,1-2H3,(H2,21,22,25). The second-order valence-corrected chi connectivity index (χ2v) is 6.15. The summed E-state index contributed by atoms with van der Waals surface area (Å²) in [4.78, 5) is 12.1. The van der Waals surface area contributed by atoms with Gasteiger partial charge in [0.15, 0.2) is 0 Å². The average molecular weight is 355 g/mol. The van der Waals surface area contributed by atoms with E-state index in [4.69, 9.17) is 11.6 Å². The number of hydrogen-bond donors (Lipinski definition) is 2. The van der Waals surface area contributed by atoms with Gasteiger partial charge in [-0.25, -0.2) is 9.48 Å². The van der Waals surface area contributed by atoms with Crippen molar-refractivity contribution in [3.8, 4) is 5.69 Å². The van der Waals surface area contributed by atoms with Gasteiger partial charge in [0.2, 0.25) is 0 Å². The smallest absolute Gasteiger partial charge is 0.319 e. The molecular weight excluding hydrogens is 336 g/mol. The second kappa shape index (κ2) is 7.40. The molecule has 0 atom stereocenters. The molecule has 0 aliphatic heterocycles. The van der Waals surface area contributed by atoms with E-state index in [1.54, 1.807) is 24.3 Å². The highest BCUT2D eigenvalue weighted by Gasteiger charge is 2.13. The van der Waals surface area contributed by atoms with Crippen molar-refractivity contribution in [1.82, 2.24) is 15.1 Å². The second-order valence-electron chi connectivity index (χ2n) is 5.71. The molecule has 0 spiro atoms. The van der Waals surface area contributed by atoms with Crippen molar-refractivity contribution in [3.63, 3.8) is 0 Å². The summed E-state index contributed by atoms with van der Waals surface area (Å²) in [6.45, 7) is 4.35. The fourth-order valence-electron chi connectivity index (χ4n) is 2.63. The minimum atomic E-state index is -0.270. The summed E-state index contributed by atoms with van der Waals surface area (Å²) in [5.41, 5.74) is 4.61. The highest BCUT2D eigenvalue weighted by atomic mass is 35.5. The predicted octanol–water partition coefficient (Wildman–Crippen LogP) is 4.46. The lowest BCUT2D eigenvalue weighted by atomic mass is 10.2. The zero-order chi connectivity index (χ0) is 17.8. The van der Waals surface area contributed by atoms with Crippen molar-refractivity contribution in [2.45, 2.75) is 20.4 Å². The molecule has 3 rings (SSSR count). The van der Waals surface area contributed by atoms with Gasteiger partial charge in [-0.3, -0.25) is 0 Å². The Labute approximate surface area is 151 Å². The Kier molecular flexibility index (Phi) is 5.05. The molecule has 2 amide bonds. The normalized spacial score (nSPS) is 10.5. The molecule has 1 aromatic heterocycles. The molecule has 0 bridgehead atoms. The van der Waals surface area contributed by atoms with Crippen molar-refractivity contribution in [2.24, 2.45) is 0 Å². The molecule has 0 fully saturated rings. The lowest BCUT2D eigenvalue weighted by molar-refractivity contribution is 0.251. The number of anilines is 1. The molecule has 2 N–H and O–H groups in total. The first-order chi connectivity index (χ1) is 12.0. The van der Waals surface area contributed by atoms with Gasteiger partial charge in [-0.05, 0) is 50.2 Å². The Bertz CT molecular complexity index is 872. The summed E-state index contributed by atoms with van der Waals surface area (Å²) < 4.78 is 1.89. The van der Waals surface area contributed by atoms with Crippen LogP contribution in [-0.2, 0) is 6.54 Å². The molecule has 1 heterocycles. The van der Waals surface area contributed by atoms with E-state index in [9.17, 15) is 4.79 Å². The highest BCUT2D eigenvalue weighted by molar-refractivity contribution is 6.30. The minimum absolute atomic E-state index is 0.270. The summed E-state index contributed by atoms with van der Waals surface area (Å²) in [6.07, 6.45) is 0. The van der Waals surface area contributed by atoms with Crippen LogP contribution in [0.1, 0.15) is 17.0 Å². The molecule has 0 aliphatic carbocycles. The lowest BCUT2D eigenvalue weighted by Crippen LogP contribution is -2.28. The molecule has 0 radical (unpaired) electrons. The Morgan fingerprint density at radius 2 is 1.76 bits per heavy atom. The van der Waals surface area contributed by atoms with E-state index >= 15 is 0 Å². The maximum atomic E-state index is 12.1. The largest absolute Gasteiger partial charge is 0.334 e. The van der Waals surface area contributed by atoms with Gasteiger partial charge in [0.05, 0.1) is 11.4 Å². The van der Waals surface area contributed by atoms with Crippen LogP contribution in [0, 0.1) is 13.8 Å². The molecule has 3 aromatic rings. The summed E-state index contributed by atoms with van der Waals surface area (Å²) >= 11 is 5.84. The van der Waals surface area contributed by atoms with Gasteiger partial charge in [-0.1, -0.05) is 29.8 Å². The number of carbonyl (C=O) groups is 1. The Balaban J connectivity index is 1.68. The highest BCUT2D eigenvalue weighted by Crippen LogP contribution is 2.18. The van der Waals surface area contributed by atoms with Crippen LogP contribution in [0.5, 0.6) is 0 Å². The number of benzene rings is 2. The van der Waals surface area contributed by atoms with Crippen molar-refractivity contribution in [1.29, 1.82) is 0 Å². The first-order valence-electron chi connectivity index (χ1n) is 7.95. The van der Waals surface area contributed by atoms with Crippen molar-refractivity contribution < 1.29 is 4.79 Å². The molecule has 25 heavy (non-hydrogen) atoms. The number of urea groups is 1. The summed E-state index contributed by atoms with van der Waals surface area (Å²) in [5.74, 6) is 0. The molecule has 5 nitrogen and oxygen atoms in total. The van der Waals surface area contributed by atoms with E-state index in [1.807, 2.05) is 48.9 Å². The molecular formula is C19H19ClN4O. The maximum Gasteiger partial charge on any atom is 0.319 e. The number of halogens is 1. The topological polar surface area (TPSA) is 59.0 Å². The van der Waals surface area contributed by atoms with Gasteiger partial charge in [0.25, 0.3) is 0 Å². The fraction of sp³-hybridized carbons (Fsp3) is 0.158. The number of hydrogen-bond acceptors (Lipinski definition) is 2. The summed E-state index contributed by atoms with van der Waals surface area (Å²) in [5, 5.41) is 10.9. The van der Waals surface area contributed by atoms with Crippen molar-refractivity contribution in [2.75, 3.05) is 5.32 Å². The zero-order valence-electron chi connectivity index (χ0n) is 14.1. The number of aromatic nitrogens is 2. The van der Waals surface area contributed by atoms with E-state index in [0.717, 1.165) is 22.6 Å². The van der Waals surface area contributed by atoms with Crippen LogP contribution in [0.25, 0.3) is 5.69 Å². The first kappa shape index (κ1) is 17.0. The quantitative estimate of drug-likeness (QED) is 0.726. The molecule has 128 valence electrons. The number of para-hydroxylation sites is 1. The molecule has 0 aliphatic rings. The van der Waals surface area contributed by atoms with E-state index in [0.29, 0.717) is 17.3 Å². The molecule has 0 unspecified atom stereocenters. The van der Waals surface area contributed by atoms with Crippen LogP contribution in [0.15, 0.2) is 54.6 Å². The van der Waals surface area contributed by atoms with Gasteiger partial charge in [-0.2, -0.15) is 5.10 Å².